The van der Waals surface area contributed by atoms with Gasteiger partial charge in [0.25, 0.3) is 0 Å². The quantitative estimate of drug-likeness (QED) is 0.0978. The Kier molecular flexibility index (Phi) is 13.3. The lowest BCUT2D eigenvalue weighted by atomic mass is 9.78. The summed E-state index contributed by atoms with van der Waals surface area (Å²) in [6.45, 7) is 20.0. The van der Waals surface area contributed by atoms with Gasteiger partial charge in [0.05, 0.1) is 123 Å². The van der Waals surface area contributed by atoms with Crippen LogP contribution in [0.5, 0.6) is 0 Å². The average molecular weight is 1110 g/mol. The van der Waals surface area contributed by atoms with Crippen LogP contribution in [0.25, 0.3) is 10.4 Å². The number of hydrogen-bond donors (Lipinski definition) is 1. The molecule has 20 nitrogen and oxygen atoms in total. The molecule has 0 radical (unpaired) electrons. The van der Waals surface area contributed by atoms with Crippen LogP contribution in [0.4, 0.5) is 0 Å². The maximum atomic E-state index is 14.6. The molecule has 0 aliphatic carbocycles. The van der Waals surface area contributed by atoms with E-state index >= 15 is 0 Å². The van der Waals surface area contributed by atoms with Crippen molar-refractivity contribution in [3.05, 3.63) is 34.7 Å². The van der Waals surface area contributed by atoms with E-state index in [1.165, 1.54) is 0 Å². The summed E-state index contributed by atoms with van der Waals surface area (Å²) in [5.74, 6) is -2.85. The van der Waals surface area contributed by atoms with Gasteiger partial charge in [-0.15, -0.1) is 0 Å². The average Bonchev–Trinajstić information content (AvgIpc) is 2.00. The van der Waals surface area contributed by atoms with Crippen LogP contribution < -0.4 is 0 Å². The van der Waals surface area contributed by atoms with Crippen molar-refractivity contribution in [1.29, 1.82) is 0 Å². The Labute approximate surface area is 462 Å². The molecule has 0 aromatic rings. The van der Waals surface area contributed by atoms with E-state index in [1.807, 2.05) is 0 Å². The Morgan fingerprint density at radius 2 is 1.29 bits per heavy atom. The number of rotatable bonds is 2. The molecule has 1 N–H and O–H groups in total. The maximum Gasteiger partial charge on any atom is 0.308 e. The van der Waals surface area contributed by atoms with Gasteiger partial charge in [-0.1, -0.05) is 46.0 Å². The number of aliphatic hydroxyl groups excluding tert-OH is 1. The minimum absolute atomic E-state index is 0.00676. The Balaban J connectivity index is 0.664. The molecule has 0 saturated carbocycles. The second-order valence-corrected chi connectivity index (χ2v) is 27.5. The summed E-state index contributed by atoms with van der Waals surface area (Å²) in [5.41, 5.74) is 10.4. The summed E-state index contributed by atoms with van der Waals surface area (Å²) in [5, 5.41) is 14.7. The Morgan fingerprint density at radius 3 is 2.14 bits per heavy atom. The summed E-state index contributed by atoms with van der Waals surface area (Å²) in [4.78, 5) is 17.5. The molecule has 79 heavy (non-hydrogen) atoms. The van der Waals surface area contributed by atoms with Crippen LogP contribution in [0.2, 0.25) is 0 Å². The molecule has 436 valence electrons. The monoisotopic (exact) mass is 1110 g/mol. The van der Waals surface area contributed by atoms with Crippen molar-refractivity contribution in [2.45, 2.75) is 307 Å². The van der Waals surface area contributed by atoms with Gasteiger partial charge in [-0.25, -0.2) is 0 Å². The minimum Gasteiger partial charge on any atom is -0.459 e. The van der Waals surface area contributed by atoms with Crippen molar-refractivity contribution in [2.24, 2.45) is 28.8 Å². The molecule has 1 unspecified atom stereocenters. The highest BCUT2D eigenvalue weighted by molar-refractivity contribution is 5.70. The molecule has 16 rings (SSSR count). The standard InChI is InChI=1S/C59H83N3O17/c1-26-14-32-8-10-36-27(2)15-34(65-36)12-13-57-24-45-54(79-57)56(7)55(71-45)53(78-57)52-37(73-56)11-9-33(67-52)16-47(64)72-51-31(6)50-41(68-40(51)18-38(66-32)30(26)5)19-39-43(69-50)22-59(74-39)23-44-49(77-59)29(4)21-58(76-44)20-28(3)48-42(75-58)17-35(63)46(70-48)25-61-62-60/h26,28-29,31-46,48-55,63H,2,5,8-25H2,1,3-4,6-7H3/t26-,28+,29+,31+,32+,33-,34+,35-,36+,37+,38-,39-,40+,41+,42+,43-,44+,45-,46-,48+,49+,50+,51-,52+,53+,54?,55+,56+,57-,58-,59+/m1/s1. The van der Waals surface area contributed by atoms with Crippen LogP contribution in [-0.4, -0.2) is 181 Å². The highest BCUT2D eigenvalue weighted by Gasteiger charge is 2.74. The normalized spacial score (nSPS) is 58.3. The molecule has 31 atom stereocenters. The van der Waals surface area contributed by atoms with E-state index in [0.29, 0.717) is 70.6 Å². The number of azide groups is 1. The molecule has 16 aliphatic rings. The molecule has 16 fully saturated rings. The van der Waals surface area contributed by atoms with E-state index in [-0.39, 0.29) is 140 Å². The molecule has 16 aliphatic heterocycles. The van der Waals surface area contributed by atoms with E-state index in [9.17, 15) is 9.90 Å². The summed E-state index contributed by atoms with van der Waals surface area (Å²) in [6, 6.07) is 0. The van der Waals surface area contributed by atoms with Crippen molar-refractivity contribution in [3.63, 3.8) is 0 Å². The zero-order valence-corrected chi connectivity index (χ0v) is 46.6. The number of fused-ring (bicyclic) bond motifs is 10. The van der Waals surface area contributed by atoms with E-state index in [1.54, 1.807) is 0 Å². The van der Waals surface area contributed by atoms with Gasteiger partial charge in [-0.2, -0.15) is 0 Å². The molecule has 0 aromatic carbocycles. The van der Waals surface area contributed by atoms with Crippen molar-refractivity contribution >= 4 is 5.97 Å². The first-order valence-electron chi connectivity index (χ1n) is 30.5. The van der Waals surface area contributed by atoms with Gasteiger partial charge >= 0.3 is 5.97 Å². The first kappa shape index (κ1) is 53.4. The highest BCUT2D eigenvalue weighted by atomic mass is 16.8. The third-order valence-electron chi connectivity index (χ3n) is 22.0. The highest BCUT2D eigenvalue weighted by Crippen LogP contribution is 2.60. The zero-order valence-electron chi connectivity index (χ0n) is 46.6. The lowest BCUT2D eigenvalue weighted by Gasteiger charge is -2.54. The van der Waals surface area contributed by atoms with Gasteiger partial charge in [0.15, 0.2) is 17.4 Å². The lowest BCUT2D eigenvalue weighted by molar-refractivity contribution is -0.370. The Bertz CT molecular complexity index is 2470. The fourth-order valence-corrected chi connectivity index (χ4v) is 18.3. The summed E-state index contributed by atoms with van der Waals surface area (Å²) >= 11 is 0. The molecule has 3 spiro atoms. The number of aliphatic hydroxyl groups is 1. The van der Waals surface area contributed by atoms with Crippen LogP contribution in [0.1, 0.15) is 144 Å². The number of carbonyl (C=O) groups excluding carboxylic acids is 1. The van der Waals surface area contributed by atoms with Gasteiger partial charge in [0.2, 0.25) is 0 Å². The van der Waals surface area contributed by atoms with Gasteiger partial charge in [0.1, 0.15) is 36.1 Å². The van der Waals surface area contributed by atoms with Crippen molar-refractivity contribution < 1.29 is 81.0 Å². The Morgan fingerprint density at radius 1 is 0.570 bits per heavy atom. The molecule has 12 bridgehead atoms. The van der Waals surface area contributed by atoms with E-state index in [2.05, 4.69) is 57.8 Å². The molecular formula is C59H83N3O17. The topological polar surface area (TPSA) is 225 Å². The second-order valence-electron chi connectivity index (χ2n) is 27.5. The number of esters is 1. The van der Waals surface area contributed by atoms with Crippen molar-refractivity contribution in [1.82, 2.24) is 0 Å². The summed E-state index contributed by atoms with van der Waals surface area (Å²) in [6.07, 6.45) is 2.81. The molecule has 0 aromatic heterocycles. The van der Waals surface area contributed by atoms with Crippen LogP contribution in [0, 0.1) is 23.7 Å². The van der Waals surface area contributed by atoms with Crippen LogP contribution in [-0.2, 0) is 75.8 Å². The van der Waals surface area contributed by atoms with Crippen LogP contribution >= 0.6 is 0 Å². The minimum atomic E-state index is -0.927. The van der Waals surface area contributed by atoms with Crippen LogP contribution in [0.3, 0.4) is 0 Å². The lowest BCUT2D eigenvalue weighted by Crippen LogP contribution is -2.66. The van der Waals surface area contributed by atoms with Gasteiger partial charge in [-0.3, -0.25) is 4.79 Å². The molecule has 16 heterocycles. The first-order valence-corrected chi connectivity index (χ1v) is 30.5. The molecule has 20 heteroatoms. The number of ether oxygens (including phenoxy) is 15. The van der Waals surface area contributed by atoms with E-state index in [4.69, 9.17) is 76.6 Å². The SMILES string of the molecule is C=C1C[C@@H]2CC[C@@]34C[C@H]5O[C@H]6[C@@H](O3)[C@H]3O[C@H](CC[C@@H]3O[C@@]6(C)C5O4)CC(=O)O[C@@H]3[C@@H](C)[C@@H]4O[C@@H]5C[C@]6(C[C@@H]7O[C@]8(C[C@H](C)[C@@H]9O[C@H](CN=[N+]=[N-])[C@H](O)C[C@@H]9O8)C[C@H](C)[C@@H]7O6)O[C@@H]5C[C@@H]4O[C@H]3C[C@H]3O[C@@H](CC[C@@H]1O2)C[C@@H](C)C3=C. The van der Waals surface area contributed by atoms with Crippen molar-refractivity contribution in [3.8, 4) is 0 Å². The number of hydrogen-bond acceptors (Lipinski definition) is 18. The Hall–Kier alpha value is -2.34. The third kappa shape index (κ3) is 8.99. The van der Waals surface area contributed by atoms with Gasteiger partial charge in [0, 0.05) is 68.6 Å². The smallest absolute Gasteiger partial charge is 0.308 e. The van der Waals surface area contributed by atoms with Crippen molar-refractivity contribution in [2.75, 3.05) is 6.54 Å². The molecule has 16 saturated heterocycles. The first-order chi connectivity index (χ1) is 37.9. The zero-order chi connectivity index (χ0) is 54.1. The predicted octanol–water partition coefficient (Wildman–Crippen LogP) is 6.88. The second kappa shape index (κ2) is 19.6. The van der Waals surface area contributed by atoms with Gasteiger partial charge < -0.3 is 76.2 Å². The summed E-state index contributed by atoms with van der Waals surface area (Å²) in [7, 11) is 0. The predicted molar refractivity (Wildman–Crippen MR) is 275 cm³/mol. The van der Waals surface area contributed by atoms with E-state index < -0.39 is 65.7 Å². The molecular weight excluding hydrogens is 1020 g/mol. The third-order valence-corrected chi connectivity index (χ3v) is 22.0. The van der Waals surface area contributed by atoms with Gasteiger partial charge in [-0.05, 0) is 86.3 Å². The number of carbonyl (C=O) groups is 1. The van der Waals surface area contributed by atoms with Crippen LogP contribution in [0.15, 0.2) is 29.4 Å². The largest absolute Gasteiger partial charge is 0.459 e. The van der Waals surface area contributed by atoms with E-state index in [0.717, 1.165) is 43.3 Å². The fraction of sp³-hybridized carbons (Fsp3) is 0.915. The fourth-order valence-electron chi connectivity index (χ4n) is 18.3. The molecule has 0 amide bonds. The maximum absolute atomic E-state index is 14.6. The summed E-state index contributed by atoms with van der Waals surface area (Å²) < 4.78 is 104. The number of nitrogens with zero attached hydrogens (tertiary/aromatic N) is 3.